The molecule has 0 heterocycles. The highest BCUT2D eigenvalue weighted by atomic mass is 79.9. The van der Waals surface area contributed by atoms with Crippen molar-refractivity contribution in [3.63, 3.8) is 0 Å². The summed E-state index contributed by atoms with van der Waals surface area (Å²) in [5.74, 6) is 0.839. The highest BCUT2D eigenvalue weighted by Gasteiger charge is 2.28. The van der Waals surface area contributed by atoms with E-state index in [1.807, 2.05) is 23.1 Å². The van der Waals surface area contributed by atoms with Gasteiger partial charge >= 0.3 is 0 Å². The molecule has 1 aliphatic rings. The molecule has 0 saturated heterocycles. The lowest BCUT2D eigenvalue weighted by molar-refractivity contribution is 0.0696. The monoisotopic (exact) mass is 373 g/mol. The number of hydrogen-bond donors (Lipinski definition) is 0. The van der Waals surface area contributed by atoms with Crippen LogP contribution in [0.4, 0.5) is 0 Å². The van der Waals surface area contributed by atoms with E-state index in [1.165, 1.54) is 12.8 Å². The van der Waals surface area contributed by atoms with Crippen LogP contribution in [-0.4, -0.2) is 23.4 Å². The van der Waals surface area contributed by atoms with Gasteiger partial charge in [-0.25, -0.2) is 0 Å². The van der Waals surface area contributed by atoms with Crippen LogP contribution in [0.5, 0.6) is 0 Å². The number of benzene rings is 1. The summed E-state index contributed by atoms with van der Waals surface area (Å²) in [6, 6.07) is 5.96. The van der Waals surface area contributed by atoms with Crippen LogP contribution in [-0.2, 0) is 0 Å². The van der Waals surface area contributed by atoms with Crippen molar-refractivity contribution in [3.8, 4) is 0 Å². The molecule has 0 bridgehead atoms. The Morgan fingerprint density at radius 2 is 1.83 bits per heavy atom. The van der Waals surface area contributed by atoms with Crippen LogP contribution in [0.1, 0.15) is 37.0 Å². The normalized spacial score (nSPS) is 14.9. The topological polar surface area (TPSA) is 20.3 Å². The molecule has 2 nitrogen and oxygen atoms in total. The lowest BCUT2D eigenvalue weighted by Crippen LogP contribution is -2.38. The maximum Gasteiger partial charge on any atom is 0.254 e. The zero-order valence-electron chi connectivity index (χ0n) is 10.6. The molecule has 1 saturated carbocycles. The van der Waals surface area contributed by atoms with Crippen molar-refractivity contribution in [1.82, 2.24) is 4.90 Å². The van der Waals surface area contributed by atoms with Crippen LogP contribution < -0.4 is 0 Å². The van der Waals surface area contributed by atoms with Crippen LogP contribution in [0.25, 0.3) is 0 Å². The molecule has 98 valence electrons. The summed E-state index contributed by atoms with van der Waals surface area (Å²) in [6.07, 6.45) is 2.53. The molecule has 2 rings (SSSR count). The molecule has 1 amide bonds. The quantitative estimate of drug-likeness (QED) is 0.761. The Morgan fingerprint density at radius 1 is 1.28 bits per heavy atom. The van der Waals surface area contributed by atoms with E-state index in [9.17, 15) is 4.79 Å². The second kappa shape index (κ2) is 5.74. The molecule has 1 fully saturated rings. The Morgan fingerprint density at radius 3 is 2.28 bits per heavy atom. The van der Waals surface area contributed by atoms with E-state index in [1.54, 1.807) is 0 Å². The van der Waals surface area contributed by atoms with Gasteiger partial charge in [0.2, 0.25) is 0 Å². The van der Waals surface area contributed by atoms with Gasteiger partial charge in [0.25, 0.3) is 5.91 Å². The van der Waals surface area contributed by atoms with E-state index in [-0.39, 0.29) is 11.9 Å². The predicted molar refractivity (Wildman–Crippen MR) is 80.7 cm³/mol. The first kappa shape index (κ1) is 14.1. The lowest BCUT2D eigenvalue weighted by Gasteiger charge is -2.27. The Balaban J connectivity index is 2.20. The first-order valence-electron chi connectivity index (χ1n) is 6.24. The van der Waals surface area contributed by atoms with Crippen molar-refractivity contribution in [2.24, 2.45) is 5.92 Å². The van der Waals surface area contributed by atoms with Gasteiger partial charge in [-0.2, -0.15) is 0 Å². The molecule has 0 atom stereocenters. The highest BCUT2D eigenvalue weighted by molar-refractivity contribution is 9.11. The van der Waals surface area contributed by atoms with Crippen LogP contribution >= 0.6 is 31.9 Å². The summed E-state index contributed by atoms with van der Waals surface area (Å²) >= 11 is 6.86. The van der Waals surface area contributed by atoms with Gasteiger partial charge in [0.05, 0.1) is 0 Å². The number of carbonyl (C=O) groups is 1. The second-order valence-electron chi connectivity index (χ2n) is 5.15. The fourth-order valence-electron chi connectivity index (χ4n) is 1.95. The number of nitrogens with zero attached hydrogens (tertiary/aromatic N) is 1. The van der Waals surface area contributed by atoms with Crippen molar-refractivity contribution < 1.29 is 4.79 Å². The van der Waals surface area contributed by atoms with Gasteiger partial charge < -0.3 is 4.90 Å². The molecule has 1 aliphatic carbocycles. The van der Waals surface area contributed by atoms with E-state index in [4.69, 9.17) is 0 Å². The Hall–Kier alpha value is -0.350. The molecule has 0 N–H and O–H groups in total. The van der Waals surface area contributed by atoms with Crippen LogP contribution in [0.2, 0.25) is 0 Å². The summed E-state index contributed by atoms with van der Waals surface area (Å²) in [6.45, 7) is 5.04. The van der Waals surface area contributed by atoms with Crippen molar-refractivity contribution in [2.45, 2.75) is 32.7 Å². The maximum absolute atomic E-state index is 12.5. The zero-order valence-corrected chi connectivity index (χ0v) is 13.8. The summed E-state index contributed by atoms with van der Waals surface area (Å²) in [5.41, 5.74) is 0.741. The van der Waals surface area contributed by atoms with Gasteiger partial charge in [-0.15, -0.1) is 0 Å². The molecular formula is C14H17Br2NO. The number of rotatable bonds is 4. The number of amides is 1. The third-order valence-corrected chi connectivity index (χ3v) is 4.06. The minimum Gasteiger partial charge on any atom is -0.336 e. The summed E-state index contributed by atoms with van der Waals surface area (Å²) in [5, 5.41) is 0. The molecule has 4 heteroatoms. The molecule has 0 aliphatic heterocycles. The van der Waals surface area contributed by atoms with Crippen molar-refractivity contribution in [3.05, 3.63) is 32.7 Å². The first-order valence-corrected chi connectivity index (χ1v) is 7.83. The number of carbonyl (C=O) groups excluding carboxylic acids is 1. The van der Waals surface area contributed by atoms with Gasteiger partial charge in [-0.05, 0) is 50.8 Å². The largest absolute Gasteiger partial charge is 0.336 e. The third kappa shape index (κ3) is 3.58. The first-order chi connectivity index (χ1) is 8.47. The van der Waals surface area contributed by atoms with Gasteiger partial charge in [0, 0.05) is 27.1 Å². The van der Waals surface area contributed by atoms with E-state index in [0.717, 1.165) is 21.1 Å². The highest BCUT2D eigenvalue weighted by Crippen LogP contribution is 2.31. The van der Waals surface area contributed by atoms with Crippen molar-refractivity contribution >= 4 is 37.8 Å². The van der Waals surface area contributed by atoms with E-state index in [2.05, 4.69) is 45.7 Å². The fourth-order valence-corrected chi connectivity index (χ4v) is 3.24. The molecule has 18 heavy (non-hydrogen) atoms. The summed E-state index contributed by atoms with van der Waals surface area (Å²) in [4.78, 5) is 14.5. The summed E-state index contributed by atoms with van der Waals surface area (Å²) in [7, 11) is 0. The fraction of sp³-hybridized carbons (Fsp3) is 0.500. The smallest absolute Gasteiger partial charge is 0.254 e. The van der Waals surface area contributed by atoms with Crippen molar-refractivity contribution in [2.75, 3.05) is 6.54 Å². The van der Waals surface area contributed by atoms with Crippen LogP contribution in [0.3, 0.4) is 0 Å². The van der Waals surface area contributed by atoms with Gasteiger partial charge in [-0.3, -0.25) is 4.79 Å². The number of halogens is 2. The second-order valence-corrected chi connectivity index (χ2v) is 6.98. The maximum atomic E-state index is 12.5. The average Bonchev–Trinajstić information content (AvgIpc) is 3.07. The molecule has 0 aromatic heterocycles. The standard InChI is InChI=1S/C14H17Br2NO/c1-9(2)17(8-10-3-4-10)14(18)11-5-12(15)7-13(16)6-11/h5-7,9-10H,3-4,8H2,1-2H3. The van der Waals surface area contributed by atoms with Crippen LogP contribution in [0.15, 0.2) is 27.1 Å². The van der Waals surface area contributed by atoms with Gasteiger partial charge in [-0.1, -0.05) is 31.9 Å². The van der Waals surface area contributed by atoms with E-state index in [0.29, 0.717) is 5.92 Å². The SMILES string of the molecule is CC(C)N(CC1CC1)C(=O)c1cc(Br)cc(Br)c1. The predicted octanol–water partition coefficient (Wildman–Crippen LogP) is 4.47. The molecule has 0 spiro atoms. The van der Waals surface area contributed by atoms with Crippen LogP contribution in [0, 0.1) is 5.92 Å². The minimum absolute atomic E-state index is 0.124. The van der Waals surface area contributed by atoms with E-state index >= 15 is 0 Å². The minimum atomic E-state index is 0.124. The molecule has 1 aromatic carbocycles. The number of hydrogen-bond acceptors (Lipinski definition) is 1. The Labute approximate surface area is 125 Å². The Kier molecular flexibility index (Phi) is 4.49. The van der Waals surface area contributed by atoms with Gasteiger partial charge in [0.1, 0.15) is 0 Å². The molecule has 0 radical (unpaired) electrons. The lowest BCUT2D eigenvalue weighted by atomic mass is 10.1. The zero-order chi connectivity index (χ0) is 13.3. The van der Waals surface area contributed by atoms with Crippen molar-refractivity contribution in [1.29, 1.82) is 0 Å². The van der Waals surface area contributed by atoms with E-state index < -0.39 is 0 Å². The molecular weight excluding hydrogens is 358 g/mol. The Bertz CT molecular complexity index is 435. The van der Waals surface area contributed by atoms with Gasteiger partial charge in [0.15, 0.2) is 0 Å². The summed E-state index contributed by atoms with van der Waals surface area (Å²) < 4.78 is 1.85. The average molecular weight is 375 g/mol. The molecule has 1 aromatic rings. The molecule has 0 unspecified atom stereocenters. The third-order valence-electron chi connectivity index (χ3n) is 3.15.